The van der Waals surface area contributed by atoms with Gasteiger partial charge in [-0.1, -0.05) is 43.3 Å². The minimum atomic E-state index is -0.618. The number of anilines is 1. The van der Waals surface area contributed by atoms with Gasteiger partial charge in [0.1, 0.15) is 11.6 Å². The van der Waals surface area contributed by atoms with E-state index in [0.29, 0.717) is 24.3 Å². The number of para-hydroxylation sites is 1. The summed E-state index contributed by atoms with van der Waals surface area (Å²) in [6, 6.07) is 13.3. The van der Waals surface area contributed by atoms with Gasteiger partial charge in [-0.3, -0.25) is 9.59 Å². The number of carbonyl (C=O) groups is 2. The lowest BCUT2D eigenvalue weighted by atomic mass is 9.92. The number of halogens is 1. The molecular weight excluding hydrogens is 345 g/mol. The van der Waals surface area contributed by atoms with Crippen LogP contribution in [0, 0.1) is 5.82 Å². The summed E-state index contributed by atoms with van der Waals surface area (Å²) in [6.45, 7) is 4.11. The number of amides is 2. The zero-order valence-electron chi connectivity index (χ0n) is 15.1. The highest BCUT2D eigenvalue weighted by atomic mass is 19.1. The Balaban J connectivity index is 2.06. The van der Waals surface area contributed by atoms with Crippen LogP contribution in [0.3, 0.4) is 0 Å². The molecule has 4 rings (SSSR count). The van der Waals surface area contributed by atoms with E-state index in [9.17, 15) is 14.0 Å². The Morgan fingerprint density at radius 3 is 2.19 bits per heavy atom. The van der Waals surface area contributed by atoms with Crippen molar-refractivity contribution in [2.75, 3.05) is 11.5 Å². The van der Waals surface area contributed by atoms with Gasteiger partial charge < -0.3 is 4.74 Å². The smallest absolute Gasteiger partial charge is 0.270 e. The first-order valence-electron chi connectivity index (χ1n) is 8.93. The van der Waals surface area contributed by atoms with Crippen LogP contribution in [0.5, 0.6) is 5.75 Å². The molecule has 0 saturated heterocycles. The van der Waals surface area contributed by atoms with Crippen molar-refractivity contribution in [3.8, 4) is 5.75 Å². The monoisotopic (exact) mass is 363 g/mol. The van der Waals surface area contributed by atoms with E-state index in [2.05, 4.69) is 0 Å². The number of fused-ring (bicyclic) bond motifs is 2. The summed E-state index contributed by atoms with van der Waals surface area (Å²) in [6.07, 6.45) is 0.569. The second kappa shape index (κ2) is 6.50. The Morgan fingerprint density at radius 1 is 0.889 bits per heavy atom. The summed E-state index contributed by atoms with van der Waals surface area (Å²) >= 11 is 0. The van der Waals surface area contributed by atoms with Crippen molar-refractivity contribution in [2.45, 2.75) is 20.3 Å². The summed E-state index contributed by atoms with van der Waals surface area (Å²) < 4.78 is 20.1. The van der Waals surface area contributed by atoms with Crippen molar-refractivity contribution >= 4 is 28.3 Å². The fraction of sp³-hybridized carbons (Fsp3) is 0.182. The molecule has 0 fully saturated rings. The average Bonchev–Trinajstić information content (AvgIpc) is 2.93. The molecule has 0 aromatic heterocycles. The minimum absolute atomic E-state index is 0.0442. The van der Waals surface area contributed by atoms with Crippen LogP contribution in [-0.2, 0) is 6.42 Å². The van der Waals surface area contributed by atoms with Crippen molar-refractivity contribution in [3.63, 3.8) is 0 Å². The number of aryl methyl sites for hydroxylation is 1. The number of hydrogen-bond donors (Lipinski definition) is 0. The van der Waals surface area contributed by atoms with Gasteiger partial charge in [-0.2, -0.15) is 0 Å². The molecule has 0 atom stereocenters. The Kier molecular flexibility index (Phi) is 4.15. The molecule has 3 aromatic rings. The second-order valence-electron chi connectivity index (χ2n) is 6.29. The summed E-state index contributed by atoms with van der Waals surface area (Å²) in [5.74, 6) is -1.29. The van der Waals surface area contributed by atoms with E-state index in [1.54, 1.807) is 6.07 Å². The van der Waals surface area contributed by atoms with E-state index in [4.69, 9.17) is 4.74 Å². The van der Waals surface area contributed by atoms with Crippen LogP contribution in [-0.4, -0.2) is 18.4 Å². The van der Waals surface area contributed by atoms with E-state index in [-0.39, 0.29) is 11.3 Å². The van der Waals surface area contributed by atoms with E-state index in [0.717, 1.165) is 21.2 Å². The van der Waals surface area contributed by atoms with Crippen molar-refractivity contribution in [1.82, 2.24) is 0 Å². The van der Waals surface area contributed by atoms with Crippen molar-refractivity contribution in [3.05, 3.63) is 71.0 Å². The van der Waals surface area contributed by atoms with Gasteiger partial charge in [-0.05, 0) is 36.4 Å². The molecule has 0 N–H and O–H groups in total. The molecule has 0 aliphatic carbocycles. The van der Waals surface area contributed by atoms with Crippen LogP contribution in [0.1, 0.15) is 40.1 Å². The summed E-state index contributed by atoms with van der Waals surface area (Å²) in [7, 11) is 0. The number of hydrogen-bond acceptors (Lipinski definition) is 3. The molecule has 3 aromatic carbocycles. The van der Waals surface area contributed by atoms with Gasteiger partial charge in [0.15, 0.2) is 0 Å². The first kappa shape index (κ1) is 17.2. The molecule has 1 aliphatic heterocycles. The Bertz CT molecular complexity index is 1090. The van der Waals surface area contributed by atoms with Gasteiger partial charge in [-0.25, -0.2) is 9.29 Å². The molecule has 0 saturated carbocycles. The van der Waals surface area contributed by atoms with E-state index in [1.807, 2.05) is 38.1 Å². The molecule has 0 radical (unpaired) electrons. The molecule has 1 heterocycles. The van der Waals surface area contributed by atoms with Gasteiger partial charge in [0, 0.05) is 5.39 Å². The van der Waals surface area contributed by atoms with Crippen LogP contribution < -0.4 is 9.64 Å². The number of benzene rings is 3. The van der Waals surface area contributed by atoms with Crippen LogP contribution in [0.15, 0.2) is 48.5 Å². The normalized spacial score (nSPS) is 13.4. The van der Waals surface area contributed by atoms with Gasteiger partial charge in [0.25, 0.3) is 11.8 Å². The molecule has 2 amide bonds. The lowest BCUT2D eigenvalue weighted by Crippen LogP contribution is -2.30. The minimum Gasteiger partial charge on any atom is -0.492 e. The highest BCUT2D eigenvalue weighted by Gasteiger charge is 2.43. The van der Waals surface area contributed by atoms with Crippen molar-refractivity contribution in [1.29, 1.82) is 0 Å². The predicted octanol–water partition coefficient (Wildman–Crippen LogP) is 4.74. The highest BCUT2D eigenvalue weighted by Crippen LogP contribution is 2.42. The summed E-state index contributed by atoms with van der Waals surface area (Å²) in [4.78, 5) is 27.4. The SMILES string of the molecule is CCOc1c2c(c(CC)c3ccccc13)C(=O)N(c1ccccc1F)C2=O. The quantitative estimate of drug-likeness (QED) is 0.629. The average molecular weight is 363 g/mol. The van der Waals surface area contributed by atoms with Crippen molar-refractivity contribution < 1.29 is 18.7 Å². The second-order valence-corrected chi connectivity index (χ2v) is 6.29. The maximum atomic E-state index is 14.3. The predicted molar refractivity (Wildman–Crippen MR) is 102 cm³/mol. The molecule has 5 heteroatoms. The van der Waals surface area contributed by atoms with Gasteiger partial charge in [0.05, 0.1) is 23.4 Å². The topological polar surface area (TPSA) is 46.6 Å². The fourth-order valence-electron chi connectivity index (χ4n) is 3.75. The maximum absolute atomic E-state index is 14.3. The lowest BCUT2D eigenvalue weighted by molar-refractivity contribution is 0.0924. The number of ether oxygens (including phenoxy) is 1. The maximum Gasteiger partial charge on any atom is 0.270 e. The number of nitrogens with zero attached hydrogens (tertiary/aromatic N) is 1. The lowest BCUT2D eigenvalue weighted by Gasteiger charge is -2.15. The molecule has 1 aliphatic rings. The van der Waals surface area contributed by atoms with Crippen LogP contribution in [0.4, 0.5) is 10.1 Å². The molecule has 136 valence electrons. The van der Waals surface area contributed by atoms with E-state index >= 15 is 0 Å². The number of carbonyl (C=O) groups excluding carboxylic acids is 2. The van der Waals surface area contributed by atoms with Gasteiger partial charge in [-0.15, -0.1) is 0 Å². The van der Waals surface area contributed by atoms with Crippen molar-refractivity contribution in [2.24, 2.45) is 0 Å². The standard InChI is InChI=1S/C22H18FNO3/c1-3-13-14-9-5-6-10-15(14)20(27-4-2)19-18(13)21(25)24(22(19)26)17-12-8-7-11-16(17)23/h5-12H,3-4H2,1-2H3. The van der Waals surface area contributed by atoms with Crippen LogP contribution >= 0.6 is 0 Å². The third kappa shape index (κ3) is 2.42. The Morgan fingerprint density at radius 2 is 1.52 bits per heavy atom. The zero-order valence-corrected chi connectivity index (χ0v) is 15.1. The van der Waals surface area contributed by atoms with Crippen LogP contribution in [0.2, 0.25) is 0 Å². The molecule has 27 heavy (non-hydrogen) atoms. The molecular formula is C22H18FNO3. The third-order valence-electron chi connectivity index (χ3n) is 4.85. The largest absolute Gasteiger partial charge is 0.492 e. The molecule has 0 unspecified atom stereocenters. The summed E-state index contributed by atoms with van der Waals surface area (Å²) in [5.41, 5.74) is 1.27. The highest BCUT2D eigenvalue weighted by molar-refractivity contribution is 6.37. The first-order valence-corrected chi connectivity index (χ1v) is 8.93. The van der Waals surface area contributed by atoms with E-state index in [1.165, 1.54) is 18.2 Å². The van der Waals surface area contributed by atoms with Gasteiger partial charge in [0.2, 0.25) is 0 Å². The zero-order chi connectivity index (χ0) is 19.1. The summed E-state index contributed by atoms with van der Waals surface area (Å²) in [5, 5.41) is 1.66. The molecule has 0 spiro atoms. The Hall–Kier alpha value is -3.21. The number of rotatable bonds is 4. The first-order chi connectivity index (χ1) is 13.1. The van der Waals surface area contributed by atoms with E-state index < -0.39 is 17.6 Å². The Labute approximate surface area is 156 Å². The van der Waals surface area contributed by atoms with Gasteiger partial charge >= 0.3 is 0 Å². The molecule has 4 nitrogen and oxygen atoms in total. The fourth-order valence-corrected chi connectivity index (χ4v) is 3.75. The molecule has 0 bridgehead atoms. The third-order valence-corrected chi connectivity index (χ3v) is 4.85. The number of imide groups is 1. The van der Waals surface area contributed by atoms with Crippen LogP contribution in [0.25, 0.3) is 10.8 Å².